The highest BCUT2D eigenvalue weighted by atomic mass is 16.6. The molecule has 36 heavy (non-hydrogen) atoms. The first kappa shape index (κ1) is 24.5. The zero-order valence-corrected chi connectivity index (χ0v) is 21.3. The first-order valence-electron chi connectivity index (χ1n) is 12.9. The Hall–Kier alpha value is -3.17. The van der Waals surface area contributed by atoms with Crippen molar-refractivity contribution in [3.8, 4) is 17.1 Å². The molecule has 3 aliphatic rings. The van der Waals surface area contributed by atoms with Crippen LogP contribution in [0.25, 0.3) is 11.4 Å². The minimum absolute atomic E-state index is 0.00147. The van der Waals surface area contributed by atoms with Crippen molar-refractivity contribution in [2.75, 3.05) is 13.6 Å². The van der Waals surface area contributed by atoms with Crippen molar-refractivity contribution in [3.63, 3.8) is 0 Å². The van der Waals surface area contributed by atoms with E-state index in [-0.39, 0.29) is 24.7 Å². The van der Waals surface area contributed by atoms with Gasteiger partial charge in [-0.05, 0) is 75.8 Å². The summed E-state index contributed by atoms with van der Waals surface area (Å²) in [6.07, 6.45) is 7.29. The summed E-state index contributed by atoms with van der Waals surface area (Å²) in [7, 11) is 3.54. The molecular weight excluding hydrogens is 462 g/mol. The molecule has 0 unspecified atom stereocenters. The number of pyridine rings is 1. The smallest absolute Gasteiger partial charge is 0.409 e. The number of carboxylic acid groups (broad SMARTS) is 1. The second kappa shape index (κ2) is 9.71. The predicted octanol–water partition coefficient (Wildman–Crippen LogP) is 3.97. The van der Waals surface area contributed by atoms with Crippen molar-refractivity contribution in [3.05, 3.63) is 23.5 Å². The number of amides is 1. The molecule has 1 amide bonds. The maximum absolute atomic E-state index is 12.5. The van der Waals surface area contributed by atoms with Crippen molar-refractivity contribution in [2.45, 2.75) is 71.0 Å². The second-order valence-corrected chi connectivity index (χ2v) is 10.7. The lowest BCUT2D eigenvalue weighted by Crippen LogP contribution is -2.34. The lowest BCUT2D eigenvalue weighted by atomic mass is 9.85. The largest absolute Gasteiger partial charge is 0.489 e. The van der Waals surface area contributed by atoms with Gasteiger partial charge in [-0.15, -0.1) is 5.10 Å². The Kier molecular flexibility index (Phi) is 6.61. The van der Waals surface area contributed by atoms with Crippen LogP contribution in [0.3, 0.4) is 0 Å². The number of carbonyl (C=O) groups is 2. The number of aryl methyl sites for hydroxylation is 2. The van der Waals surface area contributed by atoms with Crippen LogP contribution in [0.5, 0.6) is 5.75 Å². The van der Waals surface area contributed by atoms with Gasteiger partial charge in [-0.2, -0.15) is 0 Å². The summed E-state index contributed by atoms with van der Waals surface area (Å²) >= 11 is 0. The number of rotatable bonds is 9. The molecule has 2 atom stereocenters. The first-order valence-corrected chi connectivity index (χ1v) is 12.9. The zero-order valence-electron chi connectivity index (χ0n) is 21.3. The number of aliphatic carboxylic acids is 1. The number of carboxylic acids is 1. The lowest BCUT2D eigenvalue weighted by Gasteiger charge is -2.29. The Morgan fingerprint density at radius 3 is 2.64 bits per heavy atom. The van der Waals surface area contributed by atoms with Gasteiger partial charge in [0.1, 0.15) is 23.7 Å². The van der Waals surface area contributed by atoms with Gasteiger partial charge >= 0.3 is 12.1 Å². The molecule has 0 aliphatic heterocycles. The quantitative estimate of drug-likeness (QED) is 0.553. The normalized spacial score (nSPS) is 22.6. The molecule has 0 saturated heterocycles. The zero-order chi connectivity index (χ0) is 25.4. The number of hydrogen-bond donors (Lipinski definition) is 1. The highest BCUT2D eigenvalue weighted by Crippen LogP contribution is 2.57. The van der Waals surface area contributed by atoms with Crippen LogP contribution in [-0.2, 0) is 23.2 Å². The van der Waals surface area contributed by atoms with E-state index in [0.717, 1.165) is 44.3 Å². The molecule has 0 bridgehead atoms. The standard InChI is InChI=1S/C26H35N5O5/c1-16-22(36-19-8-7-18(13-19)26(11-12-26)24(32)33)10-9-20(27-16)23-21(31(3)29-28-23)15-35-25(34)30(2)14-17-5-4-6-17/h9-10,17-19H,4-8,11-15H2,1-3H3,(H,32,33)/t18-,19-/m0/s1. The minimum atomic E-state index is -0.661. The van der Waals surface area contributed by atoms with Gasteiger partial charge in [-0.3, -0.25) is 4.79 Å². The van der Waals surface area contributed by atoms with Crippen LogP contribution < -0.4 is 4.74 Å². The third-order valence-electron chi connectivity index (χ3n) is 8.30. The molecular formula is C26H35N5O5. The van der Waals surface area contributed by atoms with E-state index in [9.17, 15) is 14.7 Å². The highest BCUT2D eigenvalue weighted by molar-refractivity contribution is 5.78. The van der Waals surface area contributed by atoms with Crippen LogP contribution in [-0.4, -0.2) is 61.7 Å². The SMILES string of the molecule is Cc1nc(-c2nnn(C)c2COC(=O)N(C)CC2CCC2)ccc1O[C@H]1CC[C@H](C2(C(=O)O)CC2)C1. The summed E-state index contributed by atoms with van der Waals surface area (Å²) < 4.78 is 13.4. The maximum Gasteiger partial charge on any atom is 0.409 e. The van der Waals surface area contributed by atoms with Crippen molar-refractivity contribution < 1.29 is 24.2 Å². The summed E-state index contributed by atoms with van der Waals surface area (Å²) in [5.74, 6) is 0.793. The van der Waals surface area contributed by atoms with Crippen LogP contribution >= 0.6 is 0 Å². The Labute approximate surface area is 211 Å². The fourth-order valence-electron chi connectivity index (χ4n) is 5.58. The van der Waals surface area contributed by atoms with E-state index in [4.69, 9.17) is 14.5 Å². The number of aromatic nitrogens is 4. The number of hydrogen-bond acceptors (Lipinski definition) is 7. The highest BCUT2D eigenvalue weighted by Gasteiger charge is 2.57. The van der Waals surface area contributed by atoms with Crippen LogP contribution in [0.4, 0.5) is 4.79 Å². The predicted molar refractivity (Wildman–Crippen MR) is 130 cm³/mol. The van der Waals surface area contributed by atoms with Gasteiger partial charge in [-0.1, -0.05) is 11.6 Å². The second-order valence-electron chi connectivity index (χ2n) is 10.7. The lowest BCUT2D eigenvalue weighted by molar-refractivity contribution is -0.145. The summed E-state index contributed by atoms with van der Waals surface area (Å²) in [6.45, 7) is 2.66. The van der Waals surface area contributed by atoms with Crippen molar-refractivity contribution >= 4 is 12.1 Å². The number of carbonyl (C=O) groups excluding carboxylic acids is 1. The van der Waals surface area contributed by atoms with E-state index >= 15 is 0 Å². The topological polar surface area (TPSA) is 120 Å². The van der Waals surface area contributed by atoms with Crippen LogP contribution in [0.2, 0.25) is 0 Å². The summed E-state index contributed by atoms with van der Waals surface area (Å²) in [6, 6.07) is 3.72. The Morgan fingerprint density at radius 2 is 2.00 bits per heavy atom. The van der Waals surface area contributed by atoms with Gasteiger partial charge in [0, 0.05) is 20.6 Å². The van der Waals surface area contributed by atoms with Crippen LogP contribution in [0.1, 0.15) is 62.8 Å². The van der Waals surface area contributed by atoms with Crippen molar-refractivity contribution in [1.82, 2.24) is 24.9 Å². The fourth-order valence-corrected chi connectivity index (χ4v) is 5.58. The molecule has 3 saturated carbocycles. The molecule has 2 heterocycles. The van der Waals surface area contributed by atoms with E-state index in [1.54, 1.807) is 23.7 Å². The molecule has 0 spiro atoms. The van der Waals surface area contributed by atoms with Crippen LogP contribution in [0.15, 0.2) is 12.1 Å². The van der Waals surface area contributed by atoms with Gasteiger partial charge in [-0.25, -0.2) is 14.5 Å². The van der Waals surface area contributed by atoms with Gasteiger partial charge in [0.15, 0.2) is 0 Å². The maximum atomic E-state index is 12.5. The molecule has 2 aromatic heterocycles. The van der Waals surface area contributed by atoms with Crippen molar-refractivity contribution in [2.24, 2.45) is 24.3 Å². The average molecular weight is 498 g/mol. The third-order valence-corrected chi connectivity index (χ3v) is 8.30. The van der Waals surface area contributed by atoms with Gasteiger partial charge in [0.25, 0.3) is 0 Å². The van der Waals surface area contributed by atoms with Crippen LogP contribution in [0, 0.1) is 24.2 Å². The molecule has 5 rings (SSSR count). The minimum Gasteiger partial charge on any atom is -0.489 e. The first-order chi connectivity index (χ1) is 17.3. The van der Waals surface area contributed by atoms with E-state index in [1.165, 1.54) is 19.3 Å². The fraction of sp³-hybridized carbons (Fsp3) is 0.654. The van der Waals surface area contributed by atoms with Gasteiger partial charge < -0.3 is 19.5 Å². The van der Waals surface area contributed by atoms with Crippen molar-refractivity contribution in [1.29, 1.82) is 0 Å². The molecule has 0 radical (unpaired) electrons. The average Bonchev–Trinajstić information content (AvgIpc) is 3.37. The molecule has 2 aromatic rings. The number of ether oxygens (including phenoxy) is 2. The molecule has 194 valence electrons. The molecule has 10 heteroatoms. The third kappa shape index (κ3) is 4.77. The molecule has 3 fully saturated rings. The summed E-state index contributed by atoms with van der Waals surface area (Å²) in [4.78, 5) is 30.5. The molecule has 10 nitrogen and oxygen atoms in total. The molecule has 3 aliphatic carbocycles. The molecule has 1 N–H and O–H groups in total. The Morgan fingerprint density at radius 1 is 1.22 bits per heavy atom. The van der Waals surface area contributed by atoms with Gasteiger partial charge in [0.05, 0.1) is 22.9 Å². The molecule has 0 aromatic carbocycles. The van der Waals surface area contributed by atoms with E-state index < -0.39 is 11.4 Å². The Balaban J connectivity index is 1.21. The van der Waals surface area contributed by atoms with Gasteiger partial charge in [0.2, 0.25) is 0 Å². The summed E-state index contributed by atoms with van der Waals surface area (Å²) in [5, 5.41) is 18.0. The Bertz CT molecular complexity index is 1140. The number of nitrogens with zero attached hydrogens (tertiary/aromatic N) is 5. The monoisotopic (exact) mass is 497 g/mol. The van der Waals surface area contributed by atoms with E-state index in [2.05, 4.69) is 10.3 Å². The van der Waals surface area contributed by atoms with E-state index in [0.29, 0.717) is 28.7 Å². The van der Waals surface area contributed by atoms with E-state index in [1.807, 2.05) is 19.1 Å². The summed E-state index contributed by atoms with van der Waals surface area (Å²) in [5.41, 5.74) is 2.08.